The molecule has 5 nitrogen and oxygen atoms in total. The van der Waals surface area contributed by atoms with Crippen molar-refractivity contribution < 1.29 is 4.79 Å². The zero-order valence-electron chi connectivity index (χ0n) is 14.8. The van der Waals surface area contributed by atoms with Gasteiger partial charge in [-0.15, -0.1) is 0 Å². The van der Waals surface area contributed by atoms with Gasteiger partial charge in [-0.3, -0.25) is 4.79 Å². The van der Waals surface area contributed by atoms with Crippen molar-refractivity contribution in [3.63, 3.8) is 0 Å². The molecule has 0 radical (unpaired) electrons. The summed E-state index contributed by atoms with van der Waals surface area (Å²) < 4.78 is 0. The number of carbonyl (C=O) groups excluding carboxylic acids is 1. The molecule has 0 saturated carbocycles. The van der Waals surface area contributed by atoms with Gasteiger partial charge < -0.3 is 15.1 Å². The fourth-order valence-electron chi connectivity index (χ4n) is 3.60. The van der Waals surface area contributed by atoms with Gasteiger partial charge in [0, 0.05) is 48.1 Å². The van der Waals surface area contributed by atoms with Crippen LogP contribution in [0.1, 0.15) is 18.1 Å². The number of nitrogens with zero attached hydrogens (tertiary/aromatic N) is 3. The summed E-state index contributed by atoms with van der Waals surface area (Å²) in [7, 11) is 4.14. The molecule has 1 amide bonds. The highest BCUT2D eigenvalue weighted by molar-refractivity contribution is 6.03. The lowest BCUT2D eigenvalue weighted by molar-refractivity contribution is -0.115. The Morgan fingerprint density at radius 2 is 2.00 bits per heavy atom. The Bertz CT molecular complexity index is 843. The number of rotatable bonds is 3. The number of nitrogens with one attached hydrogen (secondary N) is 1. The van der Waals surface area contributed by atoms with Gasteiger partial charge in [-0.05, 0) is 25.7 Å². The molecule has 4 rings (SSSR count). The maximum atomic E-state index is 11.9. The molecule has 3 aliphatic rings. The van der Waals surface area contributed by atoms with E-state index in [-0.39, 0.29) is 11.8 Å². The monoisotopic (exact) mass is 334 g/mol. The molecule has 0 unspecified atom stereocenters. The first kappa shape index (κ1) is 15.8. The van der Waals surface area contributed by atoms with Crippen molar-refractivity contribution in [2.24, 2.45) is 10.9 Å². The molecule has 5 heteroatoms. The molecule has 0 saturated heterocycles. The van der Waals surface area contributed by atoms with Gasteiger partial charge in [0.25, 0.3) is 0 Å². The highest BCUT2D eigenvalue weighted by Gasteiger charge is 2.36. The fraction of sp³-hybridized carbons (Fsp3) is 0.300. The molecule has 3 heterocycles. The number of benzene rings is 1. The minimum Gasteiger partial charge on any atom is -0.324 e. The van der Waals surface area contributed by atoms with Crippen molar-refractivity contribution >= 4 is 11.7 Å². The van der Waals surface area contributed by atoms with Gasteiger partial charge in [0.1, 0.15) is 5.84 Å². The second kappa shape index (κ2) is 6.01. The summed E-state index contributed by atoms with van der Waals surface area (Å²) in [6.45, 7) is 3.89. The van der Waals surface area contributed by atoms with E-state index in [1.54, 1.807) is 6.08 Å². The molecule has 1 atom stereocenters. The number of carbonyl (C=O) groups is 1. The van der Waals surface area contributed by atoms with Gasteiger partial charge in [-0.25, -0.2) is 4.99 Å². The Labute approximate surface area is 148 Å². The molecule has 0 bridgehead atoms. The summed E-state index contributed by atoms with van der Waals surface area (Å²) in [5.74, 6) is 1.14. The van der Waals surface area contributed by atoms with Crippen molar-refractivity contribution in [1.29, 1.82) is 0 Å². The Kier molecular flexibility index (Phi) is 3.81. The van der Waals surface area contributed by atoms with Crippen LogP contribution in [0, 0.1) is 5.92 Å². The van der Waals surface area contributed by atoms with E-state index >= 15 is 0 Å². The van der Waals surface area contributed by atoms with Crippen molar-refractivity contribution in [3.8, 4) is 0 Å². The number of amidine groups is 1. The normalized spacial score (nSPS) is 21.8. The zero-order chi connectivity index (χ0) is 17.6. The van der Waals surface area contributed by atoms with Crippen molar-refractivity contribution in [2.45, 2.75) is 13.5 Å². The van der Waals surface area contributed by atoms with E-state index in [1.165, 1.54) is 5.56 Å². The third-order valence-corrected chi connectivity index (χ3v) is 4.71. The number of aliphatic imine (C=N–C) groups is 1. The van der Waals surface area contributed by atoms with Crippen LogP contribution >= 0.6 is 0 Å². The van der Waals surface area contributed by atoms with E-state index in [4.69, 9.17) is 4.99 Å². The first-order chi connectivity index (χ1) is 12.0. The topological polar surface area (TPSA) is 47.9 Å². The van der Waals surface area contributed by atoms with Gasteiger partial charge in [0.15, 0.2) is 0 Å². The van der Waals surface area contributed by atoms with E-state index < -0.39 is 0 Å². The standard InChI is InChI=1S/C20H22N4O/c1-13-11-24-19-16(8-9-17(25)22-18(13)19)10-21-20(24)15-6-4-14(5-7-15)12-23(2)3/h4-10,13H,11-12H2,1-3H3,(H,22,25)/t13-/m0/s1. The SMILES string of the molecule is C[C@H]1CN2C(c3ccc(CN(C)C)cc3)=NC=C3C=CC(=O)NC1=C32. The molecule has 128 valence electrons. The minimum atomic E-state index is -0.0684. The maximum Gasteiger partial charge on any atom is 0.248 e. The van der Waals surface area contributed by atoms with Crippen LogP contribution in [0.3, 0.4) is 0 Å². The van der Waals surface area contributed by atoms with Gasteiger partial charge >= 0.3 is 0 Å². The first-order valence-corrected chi connectivity index (χ1v) is 8.56. The summed E-state index contributed by atoms with van der Waals surface area (Å²) in [5, 5.41) is 3.03. The Hall–Kier alpha value is -2.66. The second-order valence-electron chi connectivity index (χ2n) is 7.07. The predicted octanol–water partition coefficient (Wildman–Crippen LogP) is 2.24. The number of allylic oxidation sites excluding steroid dienone is 1. The molecule has 0 fully saturated rings. The maximum absolute atomic E-state index is 11.9. The molecular weight excluding hydrogens is 312 g/mol. The van der Waals surface area contributed by atoms with E-state index in [1.807, 2.05) is 12.3 Å². The van der Waals surface area contributed by atoms with Crippen molar-refractivity contribution in [1.82, 2.24) is 15.1 Å². The third kappa shape index (κ3) is 2.81. The van der Waals surface area contributed by atoms with Gasteiger partial charge in [0.2, 0.25) is 5.91 Å². The minimum absolute atomic E-state index is 0.0684. The Morgan fingerprint density at radius 3 is 2.72 bits per heavy atom. The van der Waals surface area contributed by atoms with E-state index in [9.17, 15) is 4.79 Å². The molecule has 25 heavy (non-hydrogen) atoms. The molecule has 1 N–H and O–H groups in total. The van der Waals surface area contributed by atoms with E-state index in [0.29, 0.717) is 0 Å². The van der Waals surface area contributed by atoms with Crippen LogP contribution in [0.15, 0.2) is 64.6 Å². The van der Waals surface area contributed by atoms with Gasteiger partial charge in [-0.1, -0.05) is 31.2 Å². The zero-order valence-corrected chi connectivity index (χ0v) is 14.8. The Balaban J connectivity index is 1.71. The predicted molar refractivity (Wildman–Crippen MR) is 98.6 cm³/mol. The number of hydrogen-bond acceptors (Lipinski definition) is 4. The number of hydrogen-bond donors (Lipinski definition) is 1. The lowest BCUT2D eigenvalue weighted by atomic mass is 10.1. The molecule has 0 spiro atoms. The fourth-order valence-corrected chi connectivity index (χ4v) is 3.60. The van der Waals surface area contributed by atoms with Crippen LogP contribution in [0.5, 0.6) is 0 Å². The van der Waals surface area contributed by atoms with Crippen LogP contribution in [0.25, 0.3) is 0 Å². The van der Waals surface area contributed by atoms with Crippen LogP contribution in [-0.4, -0.2) is 42.2 Å². The molecule has 0 aliphatic carbocycles. The third-order valence-electron chi connectivity index (χ3n) is 4.71. The van der Waals surface area contributed by atoms with Crippen molar-refractivity contribution in [3.05, 3.63) is 70.7 Å². The first-order valence-electron chi connectivity index (χ1n) is 8.56. The van der Waals surface area contributed by atoms with E-state index in [2.05, 4.69) is 60.4 Å². The van der Waals surface area contributed by atoms with Crippen LogP contribution in [0.2, 0.25) is 0 Å². The lowest BCUT2D eigenvalue weighted by Crippen LogP contribution is -2.32. The molecule has 1 aromatic rings. The van der Waals surface area contributed by atoms with Crippen LogP contribution in [-0.2, 0) is 11.3 Å². The summed E-state index contributed by atoms with van der Waals surface area (Å²) in [4.78, 5) is 21.0. The molecular formula is C20H22N4O. The average molecular weight is 334 g/mol. The number of amides is 1. The highest BCUT2D eigenvalue weighted by Crippen LogP contribution is 2.36. The smallest absolute Gasteiger partial charge is 0.248 e. The van der Waals surface area contributed by atoms with Crippen LogP contribution < -0.4 is 5.32 Å². The lowest BCUT2D eigenvalue weighted by Gasteiger charge is -2.28. The molecule has 0 aromatic heterocycles. The van der Waals surface area contributed by atoms with Crippen molar-refractivity contribution in [2.75, 3.05) is 20.6 Å². The summed E-state index contributed by atoms with van der Waals surface area (Å²) >= 11 is 0. The van der Waals surface area contributed by atoms with Crippen LogP contribution in [0.4, 0.5) is 0 Å². The van der Waals surface area contributed by atoms with Gasteiger partial charge in [0.05, 0.1) is 5.70 Å². The quantitative estimate of drug-likeness (QED) is 0.922. The second-order valence-corrected chi connectivity index (χ2v) is 7.07. The summed E-state index contributed by atoms with van der Waals surface area (Å²) in [6, 6.07) is 8.57. The summed E-state index contributed by atoms with van der Waals surface area (Å²) in [5.41, 5.74) is 5.44. The Morgan fingerprint density at radius 1 is 1.24 bits per heavy atom. The van der Waals surface area contributed by atoms with E-state index in [0.717, 1.165) is 41.5 Å². The van der Waals surface area contributed by atoms with Gasteiger partial charge in [-0.2, -0.15) is 0 Å². The molecule has 3 aliphatic heterocycles. The molecule has 1 aromatic carbocycles. The average Bonchev–Trinajstić information content (AvgIpc) is 2.79. The largest absolute Gasteiger partial charge is 0.324 e. The summed E-state index contributed by atoms with van der Waals surface area (Å²) in [6.07, 6.45) is 5.29. The highest BCUT2D eigenvalue weighted by atomic mass is 16.1.